The largest absolute Gasteiger partial charge is 0.534 e. The molecule has 10 unspecified atom stereocenters. The van der Waals surface area contributed by atoms with Crippen molar-refractivity contribution in [2.24, 2.45) is 23.6 Å². The summed E-state index contributed by atoms with van der Waals surface area (Å²) in [6, 6.07) is -1.74. The maximum atomic E-state index is 12.3. The van der Waals surface area contributed by atoms with Gasteiger partial charge in [0.25, 0.3) is 23.6 Å². The summed E-state index contributed by atoms with van der Waals surface area (Å²) in [5, 5.41) is 97.6. The highest BCUT2D eigenvalue weighted by Crippen LogP contribution is 2.45. The number of carboxylic acids is 2. The van der Waals surface area contributed by atoms with Gasteiger partial charge in [0.2, 0.25) is 29.5 Å². The smallest absolute Gasteiger partial charge is 0.479 e. The van der Waals surface area contributed by atoms with Gasteiger partial charge in [-0.1, -0.05) is 30.9 Å². The molecule has 148 heavy (non-hydrogen) atoms. The number of rotatable bonds is 68. The van der Waals surface area contributed by atoms with E-state index in [4.69, 9.17) is 99.8 Å². The second-order valence-corrected chi connectivity index (χ2v) is 37.1. The second-order valence-electron chi connectivity index (χ2n) is 34.1. The van der Waals surface area contributed by atoms with E-state index in [0.29, 0.717) is 113 Å². The zero-order valence-corrected chi connectivity index (χ0v) is 85.7. The number of phosphoric acid groups is 2. The lowest BCUT2D eigenvalue weighted by atomic mass is 9.83. The first-order valence-corrected chi connectivity index (χ1v) is 51.2. The predicted molar refractivity (Wildman–Crippen MR) is 494 cm³/mol. The molecular formula is C85H148N12O49P2. The molecule has 0 aromatic carbocycles. The molecule has 63 heteroatoms. The molecule has 6 heterocycles. The fourth-order valence-corrected chi connectivity index (χ4v) is 15.9. The van der Waals surface area contributed by atoms with E-state index in [0.717, 1.165) is 7.11 Å². The molecule has 0 aromatic heterocycles. The lowest BCUT2D eigenvalue weighted by molar-refractivity contribution is -0.327. The highest BCUT2D eigenvalue weighted by molar-refractivity contribution is 7.47. The van der Waals surface area contributed by atoms with Crippen molar-refractivity contribution in [2.45, 2.75) is 274 Å². The van der Waals surface area contributed by atoms with Crippen molar-refractivity contribution in [3.63, 3.8) is 0 Å². The summed E-state index contributed by atoms with van der Waals surface area (Å²) in [5.41, 5.74) is 7.06. The van der Waals surface area contributed by atoms with Gasteiger partial charge in [-0.3, -0.25) is 92.5 Å². The number of nitrogens with two attached hydrogens (primary N) is 1. The van der Waals surface area contributed by atoms with Gasteiger partial charge in [0.15, 0.2) is 24.8 Å². The van der Waals surface area contributed by atoms with Gasteiger partial charge in [-0.2, -0.15) is 0 Å². The Morgan fingerprint density at radius 2 is 0.818 bits per heavy atom. The molecular weight excluding hydrogens is 2030 g/mol. The van der Waals surface area contributed by atoms with E-state index in [2.05, 4.69) is 58.0 Å². The lowest BCUT2D eigenvalue weighted by Gasteiger charge is -2.47. The van der Waals surface area contributed by atoms with Crippen molar-refractivity contribution in [1.29, 1.82) is 0 Å². The quantitative estimate of drug-likeness (QED) is 0.00536. The first-order chi connectivity index (χ1) is 70.4. The van der Waals surface area contributed by atoms with Crippen molar-refractivity contribution in [3.05, 3.63) is 0 Å². The number of imide groups is 2. The van der Waals surface area contributed by atoms with E-state index in [-0.39, 0.29) is 181 Å². The van der Waals surface area contributed by atoms with Gasteiger partial charge in [0.05, 0.1) is 117 Å². The minimum absolute atomic E-state index is 0.0110. The third-order valence-electron chi connectivity index (χ3n) is 22.4. The van der Waals surface area contributed by atoms with Crippen molar-refractivity contribution >= 4 is 105 Å². The van der Waals surface area contributed by atoms with E-state index >= 15 is 0 Å². The van der Waals surface area contributed by atoms with Crippen molar-refractivity contribution in [3.8, 4) is 0 Å². The molecule has 6 aliphatic rings. The molecule has 852 valence electrons. The summed E-state index contributed by atoms with van der Waals surface area (Å²) in [6.07, 6.45) is -18.6. The average molecular weight is 2180 g/mol. The number of aliphatic hydroxyl groups excluding tert-OH is 6. The summed E-state index contributed by atoms with van der Waals surface area (Å²) in [6.45, 7) is 12.0. The Kier molecular flexibility index (Phi) is 64.4. The van der Waals surface area contributed by atoms with Crippen LogP contribution in [0.3, 0.4) is 0 Å². The maximum absolute atomic E-state index is 12.3. The summed E-state index contributed by atoms with van der Waals surface area (Å²) < 4.78 is 123. The molecule has 6 aliphatic heterocycles. The van der Waals surface area contributed by atoms with E-state index < -0.39 is 216 Å². The number of ether oxygens (including phenoxy) is 15. The van der Waals surface area contributed by atoms with E-state index in [1.807, 2.05) is 6.92 Å². The van der Waals surface area contributed by atoms with Gasteiger partial charge < -0.3 is 154 Å². The highest BCUT2D eigenvalue weighted by Gasteiger charge is 2.54. The van der Waals surface area contributed by atoms with Crippen LogP contribution in [-0.2, 0) is 166 Å². The number of amides is 11. The standard InChI is InChI=1S/C48H82N6O28P2.C21H39N5O10.C16H27NO11/c1-38(36-51-39(55)12-4-10-22-79-83(65,66)77-20-8-2-6-18-49-45(61)73-32-28-69-24-26-71-30-34-75-47(63)81-53-41(57)14-15-42(53)58)37-52-40(56)13-5-11-23-80-84(67,68)78-21-9-3-7-19-50-46(62)74-33-29-70-25-27-72-31-35-76-48(64)82-54-43(59)16-17-44(54)60;1-9-10(2)18(20(31)32)35-21(16(9)29)36-19-15(24-12(4)27)11(3)34-13(17(19)30)8-33-26-25-14(28)6-5-7-23-22;1-5-8(17-6(2)19)12(9(20)7(4-18)26-5)27-16-11(22)10(21)13(25-3)14(28-16)15(23)24/h38H,2-37H2,1H3,(H,49,61)(H,50,62)(H,51,55)(H,52,56)(H,65,66)(H,67,68);9-11,13,15-19,21,23,26,29-30H,5-8,22H2,1-4H3,(H,24,27)(H,25,28)(H,31,32);5,7-14,16,18,20-22H,4H2,1-3H3,(H,17,19)(H,23,24)/t;9-,10-,11-,13?,15?,16?,17+,18?,19+,21-;5-,7?,8?,9+,10+,11?,12+,13-,14?,16+/m.00/s1. The molecule has 0 bridgehead atoms. The van der Waals surface area contributed by atoms with E-state index in [1.54, 1.807) is 27.7 Å². The number of nitrogens with one attached hydrogen (secondary N) is 9. The average Bonchev–Trinajstić information content (AvgIpc) is 1.05. The highest BCUT2D eigenvalue weighted by atomic mass is 31.2. The molecule has 0 aliphatic carbocycles. The molecule has 6 rings (SSSR count). The Hall–Kier alpha value is -8.97. The minimum atomic E-state index is -4.29. The fraction of sp³-hybridized carbons (Fsp3) is 0.824. The molecule has 0 saturated carbocycles. The molecule has 61 nitrogen and oxygen atoms in total. The van der Waals surface area contributed by atoms with Gasteiger partial charge in [-0.25, -0.2) is 37.9 Å². The van der Waals surface area contributed by atoms with Gasteiger partial charge in [0.1, 0.15) is 87.5 Å². The maximum Gasteiger partial charge on any atom is 0.534 e. The Bertz CT molecular complexity index is 3960. The topological polar surface area (TPSA) is 836 Å². The van der Waals surface area contributed by atoms with Crippen LogP contribution in [0.25, 0.3) is 0 Å². The summed E-state index contributed by atoms with van der Waals surface area (Å²) >= 11 is 0. The molecule has 22 atom stereocenters. The van der Waals surface area contributed by atoms with Crippen LogP contribution in [0.2, 0.25) is 0 Å². The summed E-state index contributed by atoms with van der Waals surface area (Å²) in [7, 11) is -7.43. The van der Waals surface area contributed by atoms with Gasteiger partial charge >= 0.3 is 52.1 Å². The Morgan fingerprint density at radius 3 is 1.22 bits per heavy atom. The number of aliphatic carboxylic acids is 2. The number of methoxy groups -OCH3 is 1. The normalized spacial score (nSPS) is 25.8. The van der Waals surface area contributed by atoms with Crippen LogP contribution >= 0.6 is 15.6 Å². The third kappa shape index (κ3) is 51.9. The number of hydroxylamine groups is 4. The SMILES string of the molecule is CC(=O)NC1[C@H](C)OC(CONNC(=O)CCCNN)[C@@H](O)[C@@H]1O[C@@H]1OC(C(=O)O)[C@@H](C)[C@H](C)C1O.CC(CNC(=O)CCCCOP(=O)(O)OCCCCCNC(=O)OCCOCCOCCOC(=O)ON1C(=O)CCC1=O)CNC(=O)CCCCOP(=O)(O)OCCCCCNC(=O)OCCOCCOCCOC(=O)ON1C(=O)CCC1=O.CO[C@@H]1C(C(=O)O)O[C@@H](O[C@@H]2C(NC(C)=O)[C@H](C)OC(CO)[C@H]2O)C(O)[C@H]1O. The fourth-order valence-electron chi connectivity index (χ4n) is 14.3. The zero-order chi connectivity index (χ0) is 110. The first kappa shape index (κ1) is 131. The van der Waals surface area contributed by atoms with Crippen LogP contribution in [0.4, 0.5) is 19.2 Å². The van der Waals surface area contributed by atoms with E-state index in [1.165, 1.54) is 13.8 Å². The van der Waals surface area contributed by atoms with Crippen LogP contribution in [-0.4, -0.2) is 419 Å². The number of alkyl carbamates (subject to hydrolysis) is 2. The van der Waals surface area contributed by atoms with Crippen LogP contribution in [0.1, 0.15) is 164 Å². The lowest BCUT2D eigenvalue weighted by Crippen LogP contribution is -2.67. The molecule has 6 saturated heterocycles. The van der Waals surface area contributed by atoms with Crippen LogP contribution in [0, 0.1) is 17.8 Å². The van der Waals surface area contributed by atoms with Crippen molar-refractivity contribution in [2.75, 3.05) is 159 Å². The van der Waals surface area contributed by atoms with E-state index in [9.17, 15) is 132 Å². The Labute approximate surface area is 852 Å². The Morgan fingerprint density at radius 1 is 0.439 bits per heavy atom. The zero-order valence-electron chi connectivity index (χ0n) is 83.9. The number of nitrogens with zero attached hydrogens (tertiary/aromatic N) is 2. The molecule has 0 spiro atoms. The summed E-state index contributed by atoms with van der Waals surface area (Å²) in [4.78, 5) is 209. The predicted octanol–water partition coefficient (Wildman–Crippen LogP) is -3.42. The number of carbonyl (C=O) groups excluding carboxylic acids is 13. The molecule has 6 fully saturated rings. The molecule has 11 amide bonds. The van der Waals surface area contributed by atoms with Gasteiger partial charge in [-0.15, -0.1) is 5.59 Å². The number of hydrogen-bond donors (Lipinski definition) is 20. The molecule has 21 N–H and O–H groups in total. The monoisotopic (exact) mass is 2180 g/mol. The number of unbranched alkanes of at least 4 members (excludes halogenated alkanes) is 6. The van der Waals surface area contributed by atoms with Crippen molar-refractivity contribution in [1.82, 2.24) is 58.5 Å². The summed E-state index contributed by atoms with van der Waals surface area (Å²) in [5.74, 6) is -2.70. The number of carbonyl (C=O) groups is 15. The number of carboxylic acid groups (broad SMARTS) is 2. The van der Waals surface area contributed by atoms with Crippen LogP contribution < -0.4 is 54.2 Å². The second kappa shape index (κ2) is 72.5. The number of hydrogen-bond acceptors (Lipinski definition) is 48. The van der Waals surface area contributed by atoms with Crippen LogP contribution in [0.15, 0.2) is 0 Å². The number of phosphoric ester groups is 2. The first-order valence-electron chi connectivity index (χ1n) is 48.2. The Balaban J connectivity index is 0.000000574. The molecule has 0 radical (unpaired) electrons. The van der Waals surface area contributed by atoms with Crippen molar-refractivity contribution < 1.29 is 235 Å². The van der Waals surface area contributed by atoms with Gasteiger partial charge in [0, 0.05) is 98.6 Å². The minimum Gasteiger partial charge on any atom is -0.479 e. The molecule has 0 aromatic rings. The number of hydrazine groups is 2. The van der Waals surface area contributed by atoms with Crippen LogP contribution in [0.5, 0.6) is 0 Å². The number of aliphatic hydroxyl groups is 6. The third-order valence-corrected chi connectivity index (χ3v) is 24.4. The van der Waals surface area contributed by atoms with Gasteiger partial charge in [-0.05, 0) is 102 Å².